The fourth-order valence-corrected chi connectivity index (χ4v) is 2.05. The van der Waals surface area contributed by atoms with E-state index in [0.29, 0.717) is 5.13 Å². The molecule has 5 heteroatoms. The lowest BCUT2D eigenvalue weighted by Crippen LogP contribution is -2.12. The van der Waals surface area contributed by atoms with E-state index in [1.807, 2.05) is 24.3 Å². The maximum absolute atomic E-state index is 11.0. The molecule has 0 atom stereocenters. The highest BCUT2D eigenvalue weighted by Crippen LogP contribution is 2.25. The van der Waals surface area contributed by atoms with Crippen LogP contribution in [0.25, 0.3) is 10.2 Å². The van der Waals surface area contributed by atoms with Crippen LogP contribution in [-0.4, -0.2) is 16.6 Å². The monoisotopic (exact) mass is 224 g/mol. The number of nitrogens with one attached hydrogen (secondary N) is 1. The molecular formula is C9H8N2OS2. The van der Waals surface area contributed by atoms with Crippen LogP contribution in [-0.2, 0) is 4.79 Å². The van der Waals surface area contributed by atoms with Gasteiger partial charge in [0.25, 0.3) is 0 Å². The van der Waals surface area contributed by atoms with Crippen molar-refractivity contribution in [3.05, 3.63) is 24.3 Å². The molecule has 72 valence electrons. The van der Waals surface area contributed by atoms with Crippen molar-refractivity contribution in [3.8, 4) is 0 Å². The van der Waals surface area contributed by atoms with Crippen LogP contribution in [0.3, 0.4) is 0 Å². The van der Waals surface area contributed by atoms with E-state index < -0.39 is 0 Å². The molecule has 0 spiro atoms. The van der Waals surface area contributed by atoms with E-state index in [9.17, 15) is 4.79 Å². The molecule has 0 fully saturated rings. The summed E-state index contributed by atoms with van der Waals surface area (Å²) in [7, 11) is 0. The van der Waals surface area contributed by atoms with Crippen LogP contribution in [0.2, 0.25) is 0 Å². The van der Waals surface area contributed by atoms with Crippen molar-refractivity contribution in [3.63, 3.8) is 0 Å². The Morgan fingerprint density at radius 2 is 2.29 bits per heavy atom. The first-order chi connectivity index (χ1) is 6.79. The van der Waals surface area contributed by atoms with E-state index >= 15 is 0 Å². The minimum absolute atomic E-state index is 0.132. The van der Waals surface area contributed by atoms with Crippen LogP contribution in [0.15, 0.2) is 24.3 Å². The normalized spacial score (nSPS) is 10.4. The first-order valence-corrected chi connectivity index (χ1v) is 5.51. The van der Waals surface area contributed by atoms with Gasteiger partial charge >= 0.3 is 0 Å². The van der Waals surface area contributed by atoms with E-state index in [4.69, 9.17) is 0 Å². The van der Waals surface area contributed by atoms with Crippen molar-refractivity contribution in [1.82, 2.24) is 4.98 Å². The van der Waals surface area contributed by atoms with Crippen LogP contribution in [0.1, 0.15) is 0 Å². The van der Waals surface area contributed by atoms with Gasteiger partial charge in [-0.05, 0) is 12.1 Å². The highest BCUT2D eigenvalue weighted by Gasteiger charge is 2.05. The zero-order valence-corrected chi connectivity index (χ0v) is 8.94. The summed E-state index contributed by atoms with van der Waals surface area (Å²) >= 11 is 5.34. The Bertz CT molecular complexity index is 434. The second-order valence-electron chi connectivity index (χ2n) is 2.69. The predicted octanol–water partition coefficient (Wildman–Crippen LogP) is 2.16. The predicted molar refractivity (Wildman–Crippen MR) is 62.1 cm³/mol. The summed E-state index contributed by atoms with van der Waals surface area (Å²) in [5, 5.41) is 3.30. The number of rotatable bonds is 2. The van der Waals surface area contributed by atoms with Crippen molar-refractivity contribution in [2.24, 2.45) is 0 Å². The molecule has 0 bridgehead atoms. The van der Waals surface area contributed by atoms with Crippen LogP contribution in [0.4, 0.5) is 5.13 Å². The summed E-state index contributed by atoms with van der Waals surface area (Å²) < 4.78 is 1.07. The third-order valence-electron chi connectivity index (χ3n) is 1.68. The molecular weight excluding hydrogens is 216 g/mol. The second-order valence-corrected chi connectivity index (χ2v) is 4.04. The number of aromatic nitrogens is 1. The maximum Gasteiger partial charge on any atom is 0.235 e. The molecule has 1 aromatic carbocycles. The van der Waals surface area contributed by atoms with Gasteiger partial charge in [0.15, 0.2) is 5.13 Å². The number of fused-ring (bicyclic) bond motifs is 1. The summed E-state index contributed by atoms with van der Waals surface area (Å²) in [5.41, 5.74) is 0.909. The molecule has 1 aromatic heterocycles. The lowest BCUT2D eigenvalue weighted by molar-refractivity contribution is -0.113. The number of carbonyl (C=O) groups excluding carboxylic acids is 1. The first-order valence-electron chi connectivity index (χ1n) is 4.06. The Morgan fingerprint density at radius 1 is 1.50 bits per heavy atom. The summed E-state index contributed by atoms with van der Waals surface area (Å²) in [6.07, 6.45) is 0. The molecule has 1 heterocycles. The molecule has 0 aliphatic rings. The lowest BCUT2D eigenvalue weighted by Gasteiger charge is -1.94. The van der Waals surface area contributed by atoms with Gasteiger partial charge in [-0.1, -0.05) is 23.5 Å². The van der Waals surface area contributed by atoms with E-state index in [0.717, 1.165) is 10.2 Å². The van der Waals surface area contributed by atoms with E-state index in [1.165, 1.54) is 11.3 Å². The number of anilines is 1. The largest absolute Gasteiger partial charge is 0.301 e. The van der Waals surface area contributed by atoms with Crippen LogP contribution >= 0.6 is 24.0 Å². The molecule has 0 saturated heterocycles. The number of carbonyl (C=O) groups is 1. The summed E-state index contributed by atoms with van der Waals surface area (Å²) in [4.78, 5) is 15.3. The summed E-state index contributed by atoms with van der Waals surface area (Å²) in [6, 6.07) is 7.77. The van der Waals surface area contributed by atoms with Crippen LogP contribution in [0.5, 0.6) is 0 Å². The van der Waals surface area contributed by atoms with Crippen molar-refractivity contribution >= 4 is 45.2 Å². The van der Waals surface area contributed by atoms with Crippen LogP contribution in [0, 0.1) is 0 Å². The Hall–Kier alpha value is -1.07. The van der Waals surface area contributed by atoms with Gasteiger partial charge in [0.05, 0.1) is 16.0 Å². The Labute approximate surface area is 90.6 Å². The third kappa shape index (κ3) is 1.88. The summed E-state index contributed by atoms with van der Waals surface area (Å²) in [5.74, 6) is 0.0445. The van der Waals surface area contributed by atoms with Gasteiger partial charge < -0.3 is 5.32 Å². The minimum atomic E-state index is -0.132. The van der Waals surface area contributed by atoms with Crippen LogP contribution < -0.4 is 5.32 Å². The molecule has 0 saturated carbocycles. The first kappa shape index (κ1) is 9.48. The number of thiol groups is 1. The van der Waals surface area contributed by atoms with Gasteiger partial charge in [0.2, 0.25) is 5.91 Å². The third-order valence-corrected chi connectivity index (χ3v) is 2.92. The van der Waals surface area contributed by atoms with E-state index in [2.05, 4.69) is 22.9 Å². The van der Waals surface area contributed by atoms with Gasteiger partial charge in [-0.25, -0.2) is 4.98 Å². The Balaban J connectivity index is 2.31. The topological polar surface area (TPSA) is 42.0 Å². The van der Waals surface area contributed by atoms with Gasteiger partial charge in [-0.2, -0.15) is 12.6 Å². The smallest absolute Gasteiger partial charge is 0.235 e. The number of amides is 1. The molecule has 0 unspecified atom stereocenters. The molecule has 0 aliphatic carbocycles. The zero-order valence-electron chi connectivity index (χ0n) is 7.23. The fourth-order valence-electron chi connectivity index (χ4n) is 1.08. The SMILES string of the molecule is O=C(CS)Nc1nc2ccccc2s1. The zero-order chi connectivity index (χ0) is 9.97. The van der Waals surface area contributed by atoms with Gasteiger partial charge in [-0.15, -0.1) is 0 Å². The molecule has 2 rings (SSSR count). The van der Waals surface area contributed by atoms with Gasteiger partial charge in [0, 0.05) is 0 Å². The molecule has 0 radical (unpaired) electrons. The second kappa shape index (κ2) is 3.98. The van der Waals surface area contributed by atoms with Crippen molar-refractivity contribution in [2.75, 3.05) is 11.1 Å². The molecule has 2 aromatic rings. The number of benzene rings is 1. The standard InChI is InChI=1S/C9H8N2OS2/c12-8(5-13)11-9-10-6-3-1-2-4-7(6)14-9/h1-4,13H,5H2,(H,10,11,12). The van der Waals surface area contributed by atoms with Gasteiger partial charge in [0.1, 0.15) is 0 Å². The Kier molecular flexibility index (Phi) is 2.69. The minimum Gasteiger partial charge on any atom is -0.301 e. The van der Waals surface area contributed by atoms with Crippen molar-refractivity contribution < 1.29 is 4.79 Å². The van der Waals surface area contributed by atoms with Crippen molar-refractivity contribution in [2.45, 2.75) is 0 Å². The molecule has 14 heavy (non-hydrogen) atoms. The maximum atomic E-state index is 11.0. The average Bonchev–Trinajstić information content (AvgIpc) is 2.59. The molecule has 0 aliphatic heterocycles. The number of hydrogen-bond donors (Lipinski definition) is 2. The number of hydrogen-bond acceptors (Lipinski definition) is 4. The van der Waals surface area contributed by atoms with E-state index in [-0.39, 0.29) is 11.7 Å². The quantitative estimate of drug-likeness (QED) is 0.768. The fraction of sp³-hybridized carbons (Fsp3) is 0.111. The van der Waals surface area contributed by atoms with Gasteiger partial charge in [-0.3, -0.25) is 4.79 Å². The Morgan fingerprint density at radius 3 is 3.00 bits per heavy atom. The highest BCUT2D eigenvalue weighted by molar-refractivity contribution is 7.81. The van der Waals surface area contributed by atoms with Crippen molar-refractivity contribution in [1.29, 1.82) is 0 Å². The molecule has 3 nitrogen and oxygen atoms in total. The van der Waals surface area contributed by atoms with E-state index in [1.54, 1.807) is 0 Å². The molecule has 1 amide bonds. The number of thiazole rings is 1. The molecule has 1 N–H and O–H groups in total. The number of nitrogens with zero attached hydrogens (tertiary/aromatic N) is 1. The average molecular weight is 224 g/mol. The highest BCUT2D eigenvalue weighted by atomic mass is 32.1. The lowest BCUT2D eigenvalue weighted by atomic mass is 10.3. The number of para-hydroxylation sites is 1. The summed E-state index contributed by atoms with van der Waals surface area (Å²) in [6.45, 7) is 0.